The smallest absolute Gasteiger partial charge is 0.258 e. The zero-order valence-electron chi connectivity index (χ0n) is 6.31. The summed E-state index contributed by atoms with van der Waals surface area (Å²) in [6.45, 7) is 1.42. The largest absolute Gasteiger partial charge is 0.285 e. The Balaban J connectivity index is 3.14. The number of halogens is 3. The lowest BCUT2D eigenvalue weighted by Gasteiger charge is -2.09. The molecule has 1 heterocycles. The summed E-state index contributed by atoms with van der Waals surface area (Å²) in [7, 11) is 1.33. The van der Waals surface area contributed by atoms with E-state index >= 15 is 0 Å². The third kappa shape index (κ3) is 1.95. The van der Waals surface area contributed by atoms with Crippen LogP contribution in [0.4, 0.5) is 13.2 Å². The molecule has 1 rings (SSSR count). The zero-order valence-corrected chi connectivity index (χ0v) is 7.47. The van der Waals surface area contributed by atoms with E-state index in [1.54, 1.807) is 0 Å². The van der Waals surface area contributed by atoms with Crippen molar-refractivity contribution in [3.8, 4) is 0 Å². The van der Waals surface area contributed by atoms with Crippen LogP contribution in [0.5, 0.6) is 0 Å². The highest BCUT2D eigenvalue weighted by Crippen LogP contribution is 2.34. The van der Waals surface area contributed by atoms with Gasteiger partial charge < -0.3 is 0 Å². The van der Waals surface area contributed by atoms with E-state index in [-0.39, 0.29) is 5.69 Å². The second-order valence-electron chi connectivity index (χ2n) is 2.41. The van der Waals surface area contributed by atoms with Gasteiger partial charge >= 0.3 is 0 Å². The molecule has 1 unspecified atom stereocenters. The number of nitrogens with zero attached hydrogens (tertiary/aromatic N) is 1. The zero-order chi connectivity index (χ0) is 9.35. The first-order valence-corrected chi connectivity index (χ1v) is 3.78. The molecule has 12 heavy (non-hydrogen) atoms. The molecule has 1 nitrogen and oxygen atoms in total. The van der Waals surface area contributed by atoms with Crippen molar-refractivity contribution < 1.29 is 13.2 Å². The molecule has 0 amide bonds. The van der Waals surface area contributed by atoms with Gasteiger partial charge in [-0.3, -0.25) is 4.98 Å². The third-order valence-corrected chi connectivity index (χ3v) is 1.74. The Morgan fingerprint density at radius 3 is 2.50 bits per heavy atom. The first kappa shape index (κ1) is 9.46. The lowest BCUT2D eigenvalue weighted by molar-refractivity contribution is 0.103. The monoisotopic (exact) mass is 193 g/mol. The third-order valence-electron chi connectivity index (χ3n) is 1.41. The Morgan fingerprint density at radius 2 is 2.08 bits per heavy atom. The van der Waals surface area contributed by atoms with Crippen LogP contribution < -0.4 is 0 Å². The number of rotatable bonds is 1. The van der Waals surface area contributed by atoms with Gasteiger partial charge in [0.2, 0.25) is 0 Å². The molecule has 5 heteroatoms. The van der Waals surface area contributed by atoms with E-state index in [2.05, 4.69) is 4.98 Å². The number of aryl methyl sites for hydroxylation is 1. The van der Waals surface area contributed by atoms with Gasteiger partial charge in [0, 0.05) is 11.8 Å². The maximum absolute atomic E-state index is 12.7. The van der Waals surface area contributed by atoms with Crippen LogP contribution in [0.25, 0.3) is 0 Å². The van der Waals surface area contributed by atoms with Crippen LogP contribution in [-0.4, -0.2) is 4.98 Å². The first-order valence-electron chi connectivity index (χ1n) is 3.20. The Bertz CT molecular complexity index is 295. The van der Waals surface area contributed by atoms with Crippen molar-refractivity contribution in [2.24, 2.45) is 0 Å². The predicted octanol–water partition coefficient (Wildman–Crippen LogP) is 2.45. The lowest BCUT2D eigenvalue weighted by atomic mass is 10.2. The Hall–Kier alpha value is -0.630. The molecule has 1 atom stereocenters. The van der Waals surface area contributed by atoms with E-state index in [0.29, 0.717) is 0 Å². The molecule has 0 bridgehead atoms. The Labute approximate surface area is 70.2 Å². The predicted molar refractivity (Wildman–Crippen MR) is 42.5 cm³/mol. The minimum absolute atomic E-state index is 0.119. The summed E-state index contributed by atoms with van der Waals surface area (Å²) >= 11 is 0. The van der Waals surface area contributed by atoms with Gasteiger partial charge in [-0.25, -0.2) is 4.39 Å². The van der Waals surface area contributed by atoms with Gasteiger partial charge in [0.25, 0.3) is 5.66 Å². The van der Waals surface area contributed by atoms with E-state index in [4.69, 9.17) is 0 Å². The molecule has 1 aromatic rings. The van der Waals surface area contributed by atoms with Gasteiger partial charge in [0.05, 0.1) is 5.69 Å². The van der Waals surface area contributed by atoms with Crippen LogP contribution in [0.15, 0.2) is 12.3 Å². The van der Waals surface area contributed by atoms with Crippen molar-refractivity contribution >= 4 is 9.24 Å². The Kier molecular flexibility index (Phi) is 2.38. The summed E-state index contributed by atoms with van der Waals surface area (Å²) in [5, 5.41) is 0. The maximum Gasteiger partial charge on any atom is 0.285 e. The topological polar surface area (TPSA) is 12.9 Å². The van der Waals surface area contributed by atoms with Crippen LogP contribution >= 0.6 is 9.24 Å². The second kappa shape index (κ2) is 3.02. The van der Waals surface area contributed by atoms with Crippen LogP contribution in [0.3, 0.4) is 0 Å². The highest BCUT2D eigenvalue weighted by molar-refractivity contribution is 7.17. The summed E-state index contributed by atoms with van der Waals surface area (Å²) in [5.74, 6) is -0.713. The van der Waals surface area contributed by atoms with Gasteiger partial charge in [-0.05, 0) is 13.0 Å². The van der Waals surface area contributed by atoms with E-state index in [1.807, 2.05) is 0 Å². The molecular weight excluding hydrogens is 186 g/mol. The van der Waals surface area contributed by atoms with E-state index < -0.39 is 17.0 Å². The molecule has 0 saturated carbocycles. The van der Waals surface area contributed by atoms with Gasteiger partial charge in [0.1, 0.15) is 5.82 Å². The van der Waals surface area contributed by atoms with Crippen LogP contribution in [0.2, 0.25) is 0 Å². The SMILES string of the molecule is Cc1ncc(C(F)(F)P)cc1F. The second-order valence-corrected chi connectivity index (χ2v) is 3.14. The number of pyridine rings is 1. The normalized spacial score (nSPS) is 11.8. The van der Waals surface area contributed by atoms with Gasteiger partial charge in [-0.15, -0.1) is 0 Å². The molecule has 0 fully saturated rings. The quantitative estimate of drug-likeness (QED) is 0.624. The first-order chi connectivity index (χ1) is 5.41. The van der Waals surface area contributed by atoms with Crippen molar-refractivity contribution in [3.63, 3.8) is 0 Å². The molecule has 0 aliphatic rings. The van der Waals surface area contributed by atoms with Crippen molar-refractivity contribution in [1.82, 2.24) is 4.98 Å². The minimum atomic E-state index is -3.11. The summed E-state index contributed by atoms with van der Waals surface area (Å²) < 4.78 is 37.7. The number of hydrogen-bond donors (Lipinski definition) is 0. The molecule has 0 aromatic carbocycles. The molecule has 66 valence electrons. The number of aromatic nitrogens is 1. The highest BCUT2D eigenvalue weighted by Gasteiger charge is 2.25. The average molecular weight is 193 g/mol. The molecule has 0 spiro atoms. The minimum Gasteiger partial charge on any atom is -0.258 e. The fourth-order valence-corrected chi connectivity index (χ4v) is 0.846. The molecular formula is C7H7F3NP. The van der Waals surface area contributed by atoms with Crippen molar-refractivity contribution in [2.75, 3.05) is 0 Å². The molecule has 0 aliphatic heterocycles. The molecule has 0 aliphatic carbocycles. The Morgan fingerprint density at radius 1 is 1.50 bits per heavy atom. The summed E-state index contributed by atoms with van der Waals surface area (Å²) in [6.07, 6.45) is 0.964. The van der Waals surface area contributed by atoms with E-state index in [0.717, 1.165) is 12.3 Å². The van der Waals surface area contributed by atoms with Crippen LogP contribution in [0, 0.1) is 12.7 Å². The standard InChI is InChI=1S/C7H7F3NP/c1-4-6(8)2-5(3-11-4)7(9,10)12/h2-3H,12H2,1H3. The fourth-order valence-electron chi connectivity index (χ4n) is 0.689. The number of alkyl halides is 2. The maximum atomic E-state index is 12.7. The summed E-state index contributed by atoms with van der Waals surface area (Å²) in [5.41, 5.74) is -3.43. The van der Waals surface area contributed by atoms with Crippen LogP contribution in [0.1, 0.15) is 11.3 Å². The van der Waals surface area contributed by atoms with Gasteiger partial charge in [-0.2, -0.15) is 8.78 Å². The summed E-state index contributed by atoms with van der Waals surface area (Å²) in [4.78, 5) is 3.48. The highest BCUT2D eigenvalue weighted by atomic mass is 31.0. The average Bonchev–Trinajstić information content (AvgIpc) is 1.92. The van der Waals surface area contributed by atoms with E-state index in [1.165, 1.54) is 16.2 Å². The van der Waals surface area contributed by atoms with Crippen molar-refractivity contribution in [2.45, 2.75) is 12.6 Å². The fraction of sp³-hybridized carbons (Fsp3) is 0.286. The van der Waals surface area contributed by atoms with E-state index in [9.17, 15) is 13.2 Å². The molecule has 0 radical (unpaired) electrons. The van der Waals surface area contributed by atoms with Crippen molar-refractivity contribution in [1.29, 1.82) is 0 Å². The molecule has 1 aromatic heterocycles. The van der Waals surface area contributed by atoms with Gasteiger partial charge in [0.15, 0.2) is 0 Å². The number of hydrogen-bond acceptors (Lipinski definition) is 1. The molecule has 0 saturated heterocycles. The summed E-state index contributed by atoms with van der Waals surface area (Å²) in [6, 6.07) is 0.787. The molecule has 0 N–H and O–H groups in total. The lowest BCUT2D eigenvalue weighted by Crippen LogP contribution is -2.04. The van der Waals surface area contributed by atoms with Gasteiger partial charge in [-0.1, -0.05) is 9.24 Å². The van der Waals surface area contributed by atoms with Crippen molar-refractivity contribution in [3.05, 3.63) is 29.3 Å². The van der Waals surface area contributed by atoms with Crippen LogP contribution in [-0.2, 0) is 5.66 Å².